The van der Waals surface area contributed by atoms with E-state index in [9.17, 15) is 8.42 Å². The average Bonchev–Trinajstić information content (AvgIpc) is 2.63. The predicted octanol–water partition coefficient (Wildman–Crippen LogP) is 2.10. The van der Waals surface area contributed by atoms with Crippen molar-refractivity contribution >= 4 is 37.3 Å². The molecule has 0 aliphatic heterocycles. The van der Waals surface area contributed by atoms with E-state index in [2.05, 4.69) is 26.0 Å². The van der Waals surface area contributed by atoms with Gasteiger partial charge in [-0.2, -0.15) is 0 Å². The van der Waals surface area contributed by atoms with Crippen LogP contribution in [0.5, 0.6) is 0 Å². The van der Waals surface area contributed by atoms with Crippen LogP contribution in [0.1, 0.15) is 24.8 Å². The van der Waals surface area contributed by atoms with Crippen LogP contribution < -0.4 is 10.0 Å². The minimum Gasteiger partial charge on any atom is -0.308 e. The summed E-state index contributed by atoms with van der Waals surface area (Å²) in [5, 5.41) is 5.21. The van der Waals surface area contributed by atoms with Crippen LogP contribution in [0.2, 0.25) is 0 Å². The van der Waals surface area contributed by atoms with Crippen molar-refractivity contribution in [2.75, 3.05) is 18.8 Å². The first-order valence-electron chi connectivity index (χ1n) is 5.40. The molecule has 17 heavy (non-hydrogen) atoms. The van der Waals surface area contributed by atoms with E-state index in [1.807, 2.05) is 18.4 Å². The molecule has 1 aromatic heterocycles. The zero-order valence-corrected chi connectivity index (χ0v) is 13.1. The van der Waals surface area contributed by atoms with Gasteiger partial charge in [0.2, 0.25) is 10.0 Å². The number of rotatable bonds is 7. The molecule has 4 nitrogen and oxygen atoms in total. The summed E-state index contributed by atoms with van der Waals surface area (Å²) in [5.41, 5.74) is 0. The summed E-state index contributed by atoms with van der Waals surface area (Å²) in [6.45, 7) is 4.68. The van der Waals surface area contributed by atoms with Crippen molar-refractivity contribution in [2.24, 2.45) is 0 Å². The highest BCUT2D eigenvalue weighted by molar-refractivity contribution is 9.10. The Kier molecular flexibility index (Phi) is 6.08. The molecule has 1 heterocycles. The van der Waals surface area contributed by atoms with Crippen LogP contribution in [0.15, 0.2) is 15.9 Å². The Morgan fingerprint density at radius 1 is 1.53 bits per heavy atom. The molecule has 0 bridgehead atoms. The fourth-order valence-corrected chi connectivity index (χ4v) is 4.13. The lowest BCUT2D eigenvalue weighted by Gasteiger charge is -2.13. The molecule has 7 heteroatoms. The molecular weight excluding hydrogens is 324 g/mol. The fourth-order valence-electron chi connectivity index (χ4n) is 1.41. The smallest absolute Gasteiger partial charge is 0.212 e. The second-order valence-corrected chi connectivity index (χ2v) is 7.35. The zero-order chi connectivity index (χ0) is 12.9. The van der Waals surface area contributed by atoms with Crippen molar-refractivity contribution < 1.29 is 8.42 Å². The summed E-state index contributed by atoms with van der Waals surface area (Å²) >= 11 is 5.11. The van der Waals surface area contributed by atoms with E-state index in [0.717, 1.165) is 4.47 Å². The lowest BCUT2D eigenvalue weighted by molar-refractivity contribution is 0.566. The maximum absolute atomic E-state index is 11.4. The van der Waals surface area contributed by atoms with Gasteiger partial charge in [-0.1, -0.05) is 6.92 Å². The first kappa shape index (κ1) is 15.1. The van der Waals surface area contributed by atoms with Gasteiger partial charge < -0.3 is 5.32 Å². The van der Waals surface area contributed by atoms with Gasteiger partial charge in [-0.3, -0.25) is 0 Å². The monoisotopic (exact) mass is 340 g/mol. The SMILES string of the molecule is CCNS(=O)(=O)CCNC(C)c1sccc1Br. The third-order valence-corrected chi connectivity index (χ3v) is 5.75. The molecular formula is C10H17BrN2O2S2. The molecule has 0 spiro atoms. The molecule has 0 amide bonds. The van der Waals surface area contributed by atoms with Gasteiger partial charge in [0.25, 0.3) is 0 Å². The lowest BCUT2D eigenvalue weighted by Crippen LogP contribution is -2.32. The van der Waals surface area contributed by atoms with E-state index < -0.39 is 10.0 Å². The van der Waals surface area contributed by atoms with E-state index in [4.69, 9.17) is 0 Å². The highest BCUT2D eigenvalue weighted by atomic mass is 79.9. The highest BCUT2D eigenvalue weighted by Gasteiger charge is 2.12. The third-order valence-electron chi connectivity index (χ3n) is 2.22. The van der Waals surface area contributed by atoms with Crippen LogP contribution >= 0.6 is 27.3 Å². The Balaban J connectivity index is 2.40. The fraction of sp³-hybridized carbons (Fsp3) is 0.600. The number of nitrogens with one attached hydrogen (secondary N) is 2. The number of halogens is 1. The molecule has 0 saturated heterocycles. The molecule has 1 unspecified atom stereocenters. The minimum atomic E-state index is -3.13. The molecule has 1 aromatic rings. The quantitative estimate of drug-likeness (QED) is 0.799. The van der Waals surface area contributed by atoms with E-state index in [0.29, 0.717) is 13.1 Å². The third kappa shape index (κ3) is 5.05. The molecule has 0 radical (unpaired) electrons. The van der Waals surface area contributed by atoms with Crippen LogP contribution in [0.25, 0.3) is 0 Å². The summed E-state index contributed by atoms with van der Waals surface area (Å²) < 4.78 is 26.3. The zero-order valence-electron chi connectivity index (χ0n) is 9.86. The maximum atomic E-state index is 11.4. The van der Waals surface area contributed by atoms with Crippen LogP contribution in [-0.2, 0) is 10.0 Å². The van der Waals surface area contributed by atoms with Crippen molar-refractivity contribution in [3.05, 3.63) is 20.8 Å². The van der Waals surface area contributed by atoms with E-state index in [-0.39, 0.29) is 11.8 Å². The van der Waals surface area contributed by atoms with Gasteiger partial charge in [-0.15, -0.1) is 11.3 Å². The number of thiophene rings is 1. The van der Waals surface area contributed by atoms with E-state index in [1.165, 1.54) is 4.88 Å². The van der Waals surface area contributed by atoms with Crippen molar-refractivity contribution in [3.8, 4) is 0 Å². The summed E-state index contributed by atoms with van der Waals surface area (Å²) in [7, 11) is -3.13. The molecule has 0 aliphatic carbocycles. The summed E-state index contributed by atoms with van der Waals surface area (Å²) in [6.07, 6.45) is 0. The van der Waals surface area contributed by atoms with Crippen molar-refractivity contribution in [2.45, 2.75) is 19.9 Å². The predicted molar refractivity (Wildman–Crippen MR) is 75.9 cm³/mol. The minimum absolute atomic E-state index is 0.105. The lowest BCUT2D eigenvalue weighted by atomic mass is 10.3. The Morgan fingerprint density at radius 3 is 2.76 bits per heavy atom. The summed E-state index contributed by atoms with van der Waals surface area (Å²) in [4.78, 5) is 1.19. The second kappa shape index (κ2) is 6.84. The summed E-state index contributed by atoms with van der Waals surface area (Å²) in [6, 6.07) is 2.15. The molecule has 98 valence electrons. The molecule has 0 fully saturated rings. The van der Waals surface area contributed by atoms with Crippen molar-refractivity contribution in [1.29, 1.82) is 0 Å². The van der Waals surface area contributed by atoms with Gasteiger partial charge in [0.1, 0.15) is 0 Å². The van der Waals surface area contributed by atoms with Crippen LogP contribution in [0.4, 0.5) is 0 Å². The van der Waals surface area contributed by atoms with Gasteiger partial charge in [0.05, 0.1) is 5.75 Å². The maximum Gasteiger partial charge on any atom is 0.212 e. The van der Waals surface area contributed by atoms with Crippen LogP contribution in [-0.4, -0.2) is 27.3 Å². The Morgan fingerprint density at radius 2 is 2.24 bits per heavy atom. The topological polar surface area (TPSA) is 58.2 Å². The number of sulfonamides is 1. The standard InChI is InChI=1S/C10H17BrN2O2S2/c1-3-13-17(14,15)7-5-12-8(2)10-9(11)4-6-16-10/h4,6,8,12-13H,3,5,7H2,1-2H3. The normalized spacial score (nSPS) is 13.8. The Bertz CT molecular complexity index is 445. The second-order valence-electron chi connectivity index (χ2n) is 3.63. The molecule has 0 aromatic carbocycles. The molecule has 2 N–H and O–H groups in total. The summed E-state index contributed by atoms with van der Waals surface area (Å²) in [5.74, 6) is 0.105. The van der Waals surface area contributed by atoms with Crippen LogP contribution in [0, 0.1) is 0 Å². The Labute approximate surface area is 115 Å². The molecule has 1 atom stereocenters. The van der Waals surface area contributed by atoms with Gasteiger partial charge in [0, 0.05) is 28.5 Å². The van der Waals surface area contributed by atoms with Gasteiger partial charge >= 0.3 is 0 Å². The van der Waals surface area contributed by atoms with Crippen molar-refractivity contribution in [1.82, 2.24) is 10.0 Å². The first-order chi connectivity index (χ1) is 7.96. The number of hydrogen-bond donors (Lipinski definition) is 2. The number of hydrogen-bond acceptors (Lipinski definition) is 4. The highest BCUT2D eigenvalue weighted by Crippen LogP contribution is 2.28. The largest absolute Gasteiger partial charge is 0.308 e. The van der Waals surface area contributed by atoms with E-state index >= 15 is 0 Å². The van der Waals surface area contributed by atoms with Gasteiger partial charge in [-0.25, -0.2) is 13.1 Å². The van der Waals surface area contributed by atoms with Crippen molar-refractivity contribution in [3.63, 3.8) is 0 Å². The average molecular weight is 341 g/mol. The Hall–Kier alpha value is 0.0500. The van der Waals surface area contributed by atoms with Gasteiger partial charge in [0.15, 0.2) is 0 Å². The molecule has 1 rings (SSSR count). The van der Waals surface area contributed by atoms with Crippen LogP contribution in [0.3, 0.4) is 0 Å². The molecule has 0 aliphatic rings. The molecule has 0 saturated carbocycles. The van der Waals surface area contributed by atoms with E-state index in [1.54, 1.807) is 18.3 Å². The first-order valence-corrected chi connectivity index (χ1v) is 8.72. The van der Waals surface area contributed by atoms with Gasteiger partial charge in [-0.05, 0) is 34.3 Å².